The molecule has 1 aliphatic carbocycles. The van der Waals surface area contributed by atoms with Crippen molar-refractivity contribution in [3.05, 3.63) is 83.7 Å². The predicted octanol–water partition coefficient (Wildman–Crippen LogP) is 6.40. The summed E-state index contributed by atoms with van der Waals surface area (Å²) in [5.41, 5.74) is 3.58. The second-order valence-electron chi connectivity index (χ2n) is 8.48. The van der Waals surface area contributed by atoms with Crippen LogP contribution in [0.3, 0.4) is 0 Å². The zero-order valence-electron chi connectivity index (χ0n) is 17.4. The SMILES string of the molecule is Fc1ccc2nc(CN(Cc3ccc4cc(F)ccc4n3)C3CCCCC3)ccc2c1. The number of aromatic nitrogens is 2. The first-order valence-corrected chi connectivity index (χ1v) is 11.0. The van der Waals surface area contributed by atoms with E-state index >= 15 is 0 Å². The summed E-state index contributed by atoms with van der Waals surface area (Å²) < 4.78 is 27.0. The molecule has 1 saturated carbocycles. The minimum atomic E-state index is -0.242. The van der Waals surface area contributed by atoms with Crippen molar-refractivity contribution in [2.24, 2.45) is 0 Å². The lowest BCUT2D eigenvalue weighted by atomic mass is 9.94. The zero-order chi connectivity index (χ0) is 21.2. The van der Waals surface area contributed by atoms with E-state index in [1.54, 1.807) is 12.1 Å². The third-order valence-electron chi connectivity index (χ3n) is 6.24. The third kappa shape index (κ3) is 4.57. The minimum absolute atomic E-state index is 0.242. The molecule has 3 nitrogen and oxygen atoms in total. The molecule has 2 aromatic heterocycles. The van der Waals surface area contributed by atoms with Crippen LogP contribution in [0.5, 0.6) is 0 Å². The molecule has 0 amide bonds. The number of pyridine rings is 2. The molecule has 0 atom stereocenters. The van der Waals surface area contributed by atoms with Crippen LogP contribution in [-0.4, -0.2) is 20.9 Å². The van der Waals surface area contributed by atoms with E-state index in [-0.39, 0.29) is 11.6 Å². The van der Waals surface area contributed by atoms with Crippen molar-refractivity contribution in [1.29, 1.82) is 0 Å². The lowest BCUT2D eigenvalue weighted by Gasteiger charge is -2.34. The fraction of sp³-hybridized carbons (Fsp3) is 0.308. The molecule has 2 heterocycles. The number of hydrogen-bond donors (Lipinski definition) is 0. The largest absolute Gasteiger partial charge is 0.289 e. The molecule has 4 aromatic rings. The average Bonchev–Trinajstić information content (AvgIpc) is 2.79. The maximum absolute atomic E-state index is 13.5. The highest BCUT2D eigenvalue weighted by molar-refractivity contribution is 5.79. The Morgan fingerprint density at radius 1 is 0.677 bits per heavy atom. The Bertz CT molecular complexity index is 1130. The summed E-state index contributed by atoms with van der Waals surface area (Å²) in [5, 5.41) is 1.63. The van der Waals surface area contributed by atoms with Crippen molar-refractivity contribution in [3.63, 3.8) is 0 Å². The van der Waals surface area contributed by atoms with Crippen molar-refractivity contribution >= 4 is 21.8 Å². The smallest absolute Gasteiger partial charge is 0.123 e. The molecular formula is C26H25F2N3. The van der Waals surface area contributed by atoms with Crippen LogP contribution in [0, 0.1) is 11.6 Å². The quantitative estimate of drug-likeness (QED) is 0.376. The number of nitrogens with zero attached hydrogens (tertiary/aromatic N) is 3. The Hall–Kier alpha value is -2.92. The van der Waals surface area contributed by atoms with Crippen LogP contribution in [0.15, 0.2) is 60.7 Å². The maximum atomic E-state index is 13.5. The average molecular weight is 418 g/mol. The van der Waals surface area contributed by atoms with E-state index in [2.05, 4.69) is 4.90 Å². The first-order valence-electron chi connectivity index (χ1n) is 11.0. The standard InChI is InChI=1S/C26H25F2N3/c27-20-8-12-25-18(14-20)6-10-22(29-25)16-31(24-4-2-1-3-5-24)17-23-11-7-19-15-21(28)9-13-26(19)30-23/h6-15,24H,1-5,16-17H2. The van der Waals surface area contributed by atoms with Gasteiger partial charge in [0.05, 0.1) is 22.4 Å². The molecule has 5 heteroatoms. The van der Waals surface area contributed by atoms with E-state index in [9.17, 15) is 8.78 Å². The van der Waals surface area contributed by atoms with Crippen LogP contribution >= 0.6 is 0 Å². The predicted molar refractivity (Wildman–Crippen MR) is 120 cm³/mol. The monoisotopic (exact) mass is 417 g/mol. The Morgan fingerprint density at radius 2 is 1.19 bits per heavy atom. The molecule has 0 N–H and O–H groups in total. The summed E-state index contributed by atoms with van der Waals surface area (Å²) in [6.45, 7) is 1.45. The Balaban J connectivity index is 1.43. The molecule has 2 aromatic carbocycles. The van der Waals surface area contributed by atoms with Crippen LogP contribution in [0.2, 0.25) is 0 Å². The molecule has 158 valence electrons. The zero-order valence-corrected chi connectivity index (χ0v) is 17.4. The lowest BCUT2D eigenvalue weighted by Crippen LogP contribution is -2.36. The lowest BCUT2D eigenvalue weighted by molar-refractivity contribution is 0.137. The van der Waals surface area contributed by atoms with Gasteiger partial charge in [0.25, 0.3) is 0 Å². The fourth-order valence-electron chi connectivity index (χ4n) is 4.63. The number of rotatable bonds is 5. The summed E-state index contributed by atoms with van der Waals surface area (Å²) in [4.78, 5) is 12.0. The maximum Gasteiger partial charge on any atom is 0.123 e. The number of benzene rings is 2. The van der Waals surface area contributed by atoms with E-state index in [1.807, 2.05) is 24.3 Å². The Morgan fingerprint density at radius 3 is 1.71 bits per heavy atom. The molecule has 0 unspecified atom stereocenters. The van der Waals surface area contributed by atoms with Crippen LogP contribution in [0.4, 0.5) is 8.78 Å². The van der Waals surface area contributed by atoms with Gasteiger partial charge in [0.1, 0.15) is 11.6 Å². The van der Waals surface area contributed by atoms with Gasteiger partial charge in [0, 0.05) is 29.9 Å². The molecule has 31 heavy (non-hydrogen) atoms. The minimum Gasteiger partial charge on any atom is -0.289 e. The van der Waals surface area contributed by atoms with Crippen molar-refractivity contribution in [1.82, 2.24) is 14.9 Å². The van der Waals surface area contributed by atoms with Crippen molar-refractivity contribution in [2.75, 3.05) is 0 Å². The van der Waals surface area contributed by atoms with Gasteiger partial charge < -0.3 is 0 Å². The topological polar surface area (TPSA) is 29.0 Å². The van der Waals surface area contributed by atoms with Crippen molar-refractivity contribution in [2.45, 2.75) is 51.2 Å². The highest BCUT2D eigenvalue weighted by atomic mass is 19.1. The Labute approximate surface area is 180 Å². The first kappa shape index (κ1) is 20.0. The van der Waals surface area contributed by atoms with Gasteiger partial charge >= 0.3 is 0 Å². The molecule has 1 fully saturated rings. The first-order chi connectivity index (χ1) is 15.1. The van der Waals surface area contributed by atoms with E-state index in [4.69, 9.17) is 9.97 Å². The highest BCUT2D eigenvalue weighted by Gasteiger charge is 2.22. The summed E-state index contributed by atoms with van der Waals surface area (Å²) in [5.74, 6) is -0.485. The fourth-order valence-corrected chi connectivity index (χ4v) is 4.63. The van der Waals surface area contributed by atoms with Gasteiger partial charge in [-0.1, -0.05) is 31.4 Å². The van der Waals surface area contributed by atoms with Gasteiger partial charge in [-0.3, -0.25) is 14.9 Å². The van der Waals surface area contributed by atoms with Crippen LogP contribution in [-0.2, 0) is 13.1 Å². The summed E-state index contributed by atoms with van der Waals surface area (Å²) in [6.07, 6.45) is 6.14. The molecule has 1 aliphatic rings. The number of fused-ring (bicyclic) bond motifs is 2. The summed E-state index contributed by atoms with van der Waals surface area (Å²) in [6, 6.07) is 17.8. The van der Waals surface area contributed by atoms with E-state index < -0.39 is 0 Å². The van der Waals surface area contributed by atoms with Crippen LogP contribution < -0.4 is 0 Å². The second-order valence-corrected chi connectivity index (χ2v) is 8.48. The van der Waals surface area contributed by atoms with Gasteiger partial charge in [0.15, 0.2) is 0 Å². The highest BCUT2D eigenvalue weighted by Crippen LogP contribution is 2.26. The van der Waals surface area contributed by atoms with Gasteiger partial charge in [0.2, 0.25) is 0 Å². The molecular weight excluding hydrogens is 392 g/mol. The Kier molecular flexibility index (Phi) is 5.60. The third-order valence-corrected chi connectivity index (χ3v) is 6.24. The van der Waals surface area contributed by atoms with Crippen molar-refractivity contribution < 1.29 is 8.78 Å². The number of halogens is 2. The summed E-state index contributed by atoms with van der Waals surface area (Å²) in [7, 11) is 0. The van der Waals surface area contributed by atoms with Crippen LogP contribution in [0.1, 0.15) is 43.5 Å². The molecule has 0 saturated heterocycles. The molecule has 0 aliphatic heterocycles. The van der Waals surface area contributed by atoms with Crippen LogP contribution in [0.25, 0.3) is 21.8 Å². The van der Waals surface area contributed by atoms with E-state index in [0.29, 0.717) is 6.04 Å². The van der Waals surface area contributed by atoms with E-state index in [0.717, 1.165) is 46.3 Å². The van der Waals surface area contributed by atoms with Gasteiger partial charge in [-0.25, -0.2) is 8.78 Å². The van der Waals surface area contributed by atoms with Crippen molar-refractivity contribution in [3.8, 4) is 0 Å². The molecule has 0 spiro atoms. The molecule has 5 rings (SSSR count). The number of hydrogen-bond acceptors (Lipinski definition) is 3. The second kappa shape index (κ2) is 8.67. The summed E-state index contributed by atoms with van der Waals surface area (Å²) >= 11 is 0. The molecule has 0 bridgehead atoms. The van der Waals surface area contributed by atoms with E-state index in [1.165, 1.54) is 56.4 Å². The van der Waals surface area contributed by atoms with Gasteiger partial charge in [-0.2, -0.15) is 0 Å². The normalized spacial score (nSPS) is 15.2. The van der Waals surface area contributed by atoms with Gasteiger partial charge in [-0.15, -0.1) is 0 Å². The molecule has 0 radical (unpaired) electrons. The van der Waals surface area contributed by atoms with Gasteiger partial charge in [-0.05, 0) is 61.4 Å².